The number of hydrogen-bond donors (Lipinski definition) is 2. The minimum Gasteiger partial charge on any atom is -0.763 e. The second-order valence-corrected chi connectivity index (χ2v) is 6.87. The van der Waals surface area contributed by atoms with E-state index in [9.17, 15) is 15.3 Å². The van der Waals surface area contributed by atoms with Gasteiger partial charge in [-0.25, -0.2) is 0 Å². The first-order chi connectivity index (χ1) is 13.5. The van der Waals surface area contributed by atoms with Crippen LogP contribution in [0.2, 0.25) is 0 Å². The average Bonchev–Trinajstić information content (AvgIpc) is 3.23. The highest BCUT2D eigenvalue weighted by atomic mass is 16.3. The molecule has 1 aliphatic heterocycles. The molecule has 1 aliphatic rings. The van der Waals surface area contributed by atoms with E-state index >= 15 is 0 Å². The molecule has 3 atom stereocenters. The fourth-order valence-corrected chi connectivity index (χ4v) is 3.78. The van der Waals surface area contributed by atoms with Gasteiger partial charge in [-0.05, 0) is 19.1 Å². The Morgan fingerprint density at radius 2 is 1.86 bits per heavy atom. The smallest absolute Gasteiger partial charge is 0.256 e. The SMILES string of the molecule is Cc1ccc(C2(O)NC(=O)C(=C=[N-])C(c3ccco3)C2[n+]2ccccc2)cc1. The molecule has 1 saturated heterocycles. The summed E-state index contributed by atoms with van der Waals surface area (Å²) in [7, 11) is 0. The second kappa shape index (κ2) is 6.93. The molecule has 2 aromatic heterocycles. The van der Waals surface area contributed by atoms with Crippen molar-refractivity contribution in [3.8, 4) is 0 Å². The van der Waals surface area contributed by atoms with Crippen molar-refractivity contribution >= 4 is 11.8 Å². The maximum absolute atomic E-state index is 12.8. The van der Waals surface area contributed by atoms with Gasteiger partial charge < -0.3 is 20.2 Å². The lowest BCUT2D eigenvalue weighted by Crippen LogP contribution is -2.65. The third-order valence-corrected chi connectivity index (χ3v) is 5.13. The van der Waals surface area contributed by atoms with Crippen molar-refractivity contribution in [3.05, 3.63) is 101 Å². The number of nitrogens with zero attached hydrogens (tertiary/aromatic N) is 2. The van der Waals surface area contributed by atoms with Crippen molar-refractivity contribution in [1.29, 1.82) is 0 Å². The Kier molecular flexibility index (Phi) is 4.43. The third-order valence-electron chi connectivity index (χ3n) is 5.13. The Labute approximate surface area is 162 Å². The summed E-state index contributed by atoms with van der Waals surface area (Å²) in [5.74, 6) is 1.08. The predicted octanol–water partition coefficient (Wildman–Crippen LogP) is 2.34. The van der Waals surface area contributed by atoms with Crippen LogP contribution in [-0.2, 0) is 10.5 Å². The molecule has 0 bridgehead atoms. The molecule has 140 valence electrons. The lowest BCUT2D eigenvalue weighted by molar-refractivity contribution is -0.743. The highest BCUT2D eigenvalue weighted by Gasteiger charge is 2.57. The van der Waals surface area contributed by atoms with E-state index in [1.807, 2.05) is 43.1 Å². The molecule has 6 heteroatoms. The normalized spacial score (nSPS) is 24.5. The van der Waals surface area contributed by atoms with Crippen LogP contribution in [0.25, 0.3) is 5.41 Å². The van der Waals surface area contributed by atoms with Gasteiger partial charge in [0.15, 0.2) is 12.4 Å². The van der Waals surface area contributed by atoms with E-state index in [2.05, 4.69) is 5.32 Å². The van der Waals surface area contributed by atoms with Gasteiger partial charge in [0.05, 0.1) is 11.8 Å². The number of aromatic nitrogens is 1. The number of aliphatic hydroxyl groups is 1. The first-order valence-electron chi connectivity index (χ1n) is 8.93. The van der Waals surface area contributed by atoms with Gasteiger partial charge in [-0.1, -0.05) is 35.9 Å². The number of pyridine rings is 1. The predicted molar refractivity (Wildman–Crippen MR) is 102 cm³/mol. The van der Waals surface area contributed by atoms with Crippen LogP contribution in [-0.4, -0.2) is 16.9 Å². The van der Waals surface area contributed by atoms with Crippen molar-refractivity contribution in [2.75, 3.05) is 0 Å². The van der Waals surface area contributed by atoms with Crippen LogP contribution in [0.1, 0.15) is 28.8 Å². The van der Waals surface area contributed by atoms with Crippen LogP contribution < -0.4 is 9.88 Å². The summed E-state index contributed by atoms with van der Waals surface area (Å²) >= 11 is 0. The van der Waals surface area contributed by atoms with E-state index in [-0.39, 0.29) is 5.57 Å². The average molecular weight is 373 g/mol. The Hall–Kier alpha value is -3.47. The van der Waals surface area contributed by atoms with E-state index < -0.39 is 23.6 Å². The first kappa shape index (κ1) is 17.9. The zero-order valence-corrected chi connectivity index (χ0v) is 15.2. The van der Waals surface area contributed by atoms with Crippen LogP contribution in [0, 0.1) is 6.92 Å². The lowest BCUT2D eigenvalue weighted by Gasteiger charge is -2.41. The zero-order chi connectivity index (χ0) is 19.7. The summed E-state index contributed by atoms with van der Waals surface area (Å²) in [6.45, 7) is 1.95. The number of benzene rings is 1. The van der Waals surface area contributed by atoms with E-state index in [4.69, 9.17) is 4.42 Å². The third kappa shape index (κ3) is 2.85. The number of aryl methyl sites for hydroxylation is 1. The number of nitrogens with one attached hydrogen (secondary N) is 1. The van der Waals surface area contributed by atoms with Crippen LogP contribution in [0.4, 0.5) is 0 Å². The van der Waals surface area contributed by atoms with Crippen molar-refractivity contribution in [3.63, 3.8) is 0 Å². The van der Waals surface area contributed by atoms with Gasteiger partial charge in [-0.2, -0.15) is 4.57 Å². The molecular formula is C22H19N3O3. The molecule has 1 amide bonds. The molecule has 0 radical (unpaired) electrons. The number of amides is 1. The molecule has 3 heterocycles. The van der Waals surface area contributed by atoms with E-state index in [0.717, 1.165) is 5.56 Å². The maximum atomic E-state index is 12.8. The van der Waals surface area contributed by atoms with Crippen molar-refractivity contribution in [1.82, 2.24) is 5.32 Å². The molecule has 0 aliphatic carbocycles. The Morgan fingerprint density at radius 1 is 1.14 bits per heavy atom. The monoisotopic (exact) mass is 373 g/mol. The summed E-state index contributed by atoms with van der Waals surface area (Å²) in [5.41, 5.74) is -0.186. The molecule has 6 nitrogen and oxygen atoms in total. The van der Waals surface area contributed by atoms with Crippen molar-refractivity contribution in [2.45, 2.75) is 24.6 Å². The highest BCUT2D eigenvalue weighted by molar-refractivity contribution is 6.04. The first-order valence-corrected chi connectivity index (χ1v) is 8.93. The fourth-order valence-electron chi connectivity index (χ4n) is 3.78. The van der Waals surface area contributed by atoms with Crippen LogP contribution in [0.5, 0.6) is 0 Å². The molecule has 3 unspecified atom stereocenters. The Balaban J connectivity index is 1.98. The number of piperidine rings is 1. The second-order valence-electron chi connectivity index (χ2n) is 6.87. The van der Waals surface area contributed by atoms with Crippen LogP contribution in [0.15, 0.2) is 83.2 Å². The number of rotatable bonds is 3. The van der Waals surface area contributed by atoms with Gasteiger partial charge in [0.2, 0.25) is 11.8 Å². The number of carbonyl (C=O) groups is 1. The van der Waals surface area contributed by atoms with Gasteiger partial charge in [0.1, 0.15) is 11.7 Å². The Morgan fingerprint density at radius 3 is 2.46 bits per heavy atom. The van der Waals surface area contributed by atoms with Crippen LogP contribution >= 0.6 is 0 Å². The van der Waals surface area contributed by atoms with Gasteiger partial charge in [-0.15, -0.1) is 0 Å². The number of hydrogen-bond acceptors (Lipinski definition) is 3. The van der Waals surface area contributed by atoms with Crippen molar-refractivity contribution < 1.29 is 18.9 Å². The van der Waals surface area contributed by atoms with Crippen molar-refractivity contribution in [2.24, 2.45) is 0 Å². The minimum absolute atomic E-state index is 0.00640. The van der Waals surface area contributed by atoms with Gasteiger partial charge in [0, 0.05) is 17.7 Å². The quantitative estimate of drug-likeness (QED) is 0.420. The highest BCUT2D eigenvalue weighted by Crippen LogP contribution is 2.45. The number of furan rings is 1. The molecule has 1 fully saturated rings. The fraction of sp³-hybridized carbons (Fsp3) is 0.182. The minimum atomic E-state index is -1.74. The Bertz CT molecular complexity index is 1040. The van der Waals surface area contributed by atoms with E-state index in [1.165, 1.54) is 6.26 Å². The summed E-state index contributed by atoms with van der Waals surface area (Å²) in [6, 6.07) is 15.5. The topological polar surface area (TPSA) is 88.6 Å². The standard InChI is InChI=1S/C22H19N3O3/c1-15-7-9-16(10-8-15)22(27)20(25-11-3-2-4-12-25)19(18-6-5-13-28-18)17(14-23)21(26)24-22/h2-13,19-20,27H,1H3,(H,24,26). The molecule has 28 heavy (non-hydrogen) atoms. The lowest BCUT2D eigenvalue weighted by atomic mass is 9.76. The van der Waals surface area contributed by atoms with Gasteiger partial charge >= 0.3 is 0 Å². The summed E-state index contributed by atoms with van der Waals surface area (Å²) in [4.78, 5) is 12.8. The molecule has 2 N–H and O–H groups in total. The molecule has 4 rings (SSSR count). The molecule has 3 aromatic rings. The molecule has 0 saturated carbocycles. The summed E-state index contributed by atoms with van der Waals surface area (Å²) < 4.78 is 7.37. The molecule has 1 aromatic carbocycles. The largest absolute Gasteiger partial charge is 0.763 e. The van der Waals surface area contributed by atoms with E-state index in [1.54, 1.807) is 41.2 Å². The summed E-state index contributed by atoms with van der Waals surface area (Å²) in [6.07, 6.45) is 5.09. The summed E-state index contributed by atoms with van der Waals surface area (Å²) in [5, 5.41) is 24.1. The van der Waals surface area contributed by atoms with E-state index in [0.29, 0.717) is 11.3 Å². The maximum Gasteiger partial charge on any atom is 0.256 e. The molecule has 0 spiro atoms. The van der Waals surface area contributed by atoms with Gasteiger partial charge in [-0.3, -0.25) is 10.7 Å². The number of carbonyl (C=O) groups excluding carboxylic acids is 1. The van der Waals surface area contributed by atoms with Crippen LogP contribution in [0.3, 0.4) is 0 Å². The zero-order valence-electron chi connectivity index (χ0n) is 15.2. The van der Waals surface area contributed by atoms with Gasteiger partial charge in [0.25, 0.3) is 5.91 Å². The molecular weight excluding hydrogens is 354 g/mol.